The number of ether oxygens (including phenoxy) is 1. The number of halogens is 3. The number of hydrogen-bond acceptors (Lipinski definition) is 5. The lowest BCUT2D eigenvalue weighted by molar-refractivity contribution is -0.274. The van der Waals surface area contributed by atoms with Gasteiger partial charge in [-0.1, -0.05) is 6.07 Å². The van der Waals surface area contributed by atoms with Gasteiger partial charge in [-0.25, -0.2) is 4.98 Å². The van der Waals surface area contributed by atoms with Crippen molar-refractivity contribution in [3.63, 3.8) is 0 Å². The van der Waals surface area contributed by atoms with Crippen LogP contribution in [0, 0.1) is 0 Å². The molecule has 1 N–H and O–H groups in total. The maximum Gasteiger partial charge on any atom is 0.573 e. The molecule has 4 rings (SSSR count). The largest absolute Gasteiger partial charge is 0.573 e. The Hall–Kier alpha value is -2.51. The van der Waals surface area contributed by atoms with E-state index in [9.17, 15) is 13.2 Å². The molecule has 144 valence electrons. The van der Waals surface area contributed by atoms with Crippen molar-refractivity contribution in [3.05, 3.63) is 41.1 Å². The average Bonchev–Trinajstić information content (AvgIpc) is 3.45. The average molecular weight is 378 g/mol. The second-order valence-corrected chi connectivity index (χ2v) is 6.93. The number of rotatable bonds is 5. The van der Waals surface area contributed by atoms with Crippen LogP contribution in [-0.4, -0.2) is 29.4 Å². The molecule has 0 radical (unpaired) electrons. The fourth-order valence-corrected chi connectivity index (χ4v) is 3.37. The van der Waals surface area contributed by atoms with Gasteiger partial charge in [-0.15, -0.1) is 13.2 Å². The van der Waals surface area contributed by atoms with Gasteiger partial charge in [0, 0.05) is 31.6 Å². The van der Waals surface area contributed by atoms with Crippen LogP contribution in [0.5, 0.6) is 5.75 Å². The van der Waals surface area contributed by atoms with Gasteiger partial charge in [0.1, 0.15) is 11.6 Å². The van der Waals surface area contributed by atoms with E-state index in [1.807, 2.05) is 13.0 Å². The maximum atomic E-state index is 12.5. The number of anilines is 2. The molecule has 1 aliphatic carbocycles. The lowest BCUT2D eigenvalue weighted by atomic mass is 9.99. The van der Waals surface area contributed by atoms with E-state index < -0.39 is 6.36 Å². The number of nitrogens with one attached hydrogen (secondary N) is 1. The summed E-state index contributed by atoms with van der Waals surface area (Å²) in [4.78, 5) is 11.3. The minimum atomic E-state index is -4.69. The summed E-state index contributed by atoms with van der Waals surface area (Å²) in [5, 5.41) is 3.17. The van der Waals surface area contributed by atoms with Crippen molar-refractivity contribution in [2.75, 3.05) is 23.3 Å². The van der Waals surface area contributed by atoms with Crippen LogP contribution in [0.15, 0.2) is 24.3 Å². The Labute approximate surface area is 155 Å². The topological polar surface area (TPSA) is 50.3 Å². The molecular formula is C19H21F3N4O. The molecule has 27 heavy (non-hydrogen) atoms. The predicted octanol–water partition coefficient (Wildman–Crippen LogP) is 4.25. The number of nitrogens with zero attached hydrogens (tertiary/aromatic N) is 3. The van der Waals surface area contributed by atoms with E-state index in [0.29, 0.717) is 18.4 Å². The molecule has 0 bridgehead atoms. The highest BCUT2D eigenvalue weighted by Gasteiger charge is 2.32. The van der Waals surface area contributed by atoms with Crippen molar-refractivity contribution in [2.45, 2.75) is 45.0 Å². The molecular weight excluding hydrogens is 357 g/mol. The third-order valence-corrected chi connectivity index (χ3v) is 4.81. The predicted molar refractivity (Wildman–Crippen MR) is 96.0 cm³/mol. The van der Waals surface area contributed by atoms with Crippen LogP contribution in [0.4, 0.5) is 24.9 Å². The second-order valence-electron chi connectivity index (χ2n) is 6.93. The van der Waals surface area contributed by atoms with Crippen molar-refractivity contribution in [1.29, 1.82) is 0 Å². The van der Waals surface area contributed by atoms with Crippen molar-refractivity contribution in [1.82, 2.24) is 9.97 Å². The van der Waals surface area contributed by atoms with Gasteiger partial charge in [0.05, 0.1) is 5.69 Å². The molecule has 5 nitrogen and oxygen atoms in total. The Morgan fingerprint density at radius 2 is 2.00 bits per heavy atom. The zero-order valence-corrected chi connectivity index (χ0v) is 15.0. The summed E-state index contributed by atoms with van der Waals surface area (Å²) >= 11 is 0. The molecule has 0 spiro atoms. The molecule has 0 saturated heterocycles. The molecule has 2 heterocycles. The fraction of sp³-hybridized carbons (Fsp3) is 0.474. The van der Waals surface area contributed by atoms with Gasteiger partial charge >= 0.3 is 6.36 Å². The SMILES string of the molecule is CCNc1nc(C2CC2)cc(N2CCc3ccc(OC(F)(F)F)cc3C2)n1. The smallest absolute Gasteiger partial charge is 0.406 e. The molecule has 2 aliphatic rings. The Balaban J connectivity index is 1.59. The van der Waals surface area contributed by atoms with Gasteiger partial charge in [-0.2, -0.15) is 4.98 Å². The van der Waals surface area contributed by atoms with E-state index in [2.05, 4.69) is 24.9 Å². The van der Waals surface area contributed by atoms with Crippen LogP contribution in [0.2, 0.25) is 0 Å². The van der Waals surface area contributed by atoms with Gasteiger partial charge in [0.15, 0.2) is 0 Å². The molecule has 1 aliphatic heterocycles. The first kappa shape index (κ1) is 17.9. The third kappa shape index (κ3) is 4.26. The monoisotopic (exact) mass is 378 g/mol. The lowest BCUT2D eigenvalue weighted by Gasteiger charge is -2.30. The van der Waals surface area contributed by atoms with Crippen LogP contribution in [0.1, 0.15) is 42.5 Å². The zero-order valence-electron chi connectivity index (χ0n) is 15.0. The standard InChI is InChI=1S/C19H21F3N4O/c1-2-23-18-24-16(13-3-4-13)10-17(25-18)26-8-7-12-5-6-15(9-14(12)11-26)27-19(20,21)22/h5-6,9-10,13H,2-4,7-8,11H2,1H3,(H,23,24,25). The molecule has 8 heteroatoms. The summed E-state index contributed by atoms with van der Waals surface area (Å²) in [6.07, 6.45) is -1.65. The van der Waals surface area contributed by atoms with Crippen LogP contribution >= 0.6 is 0 Å². The molecule has 2 aromatic rings. The molecule has 1 aromatic carbocycles. The molecule has 1 saturated carbocycles. The normalized spacial score (nSPS) is 16.8. The van der Waals surface area contributed by atoms with Crippen molar-refractivity contribution in [2.24, 2.45) is 0 Å². The Morgan fingerprint density at radius 1 is 1.19 bits per heavy atom. The molecule has 1 fully saturated rings. The first-order chi connectivity index (χ1) is 12.9. The van der Waals surface area contributed by atoms with Gasteiger partial charge < -0.3 is 15.0 Å². The Bertz CT molecular complexity index is 836. The van der Waals surface area contributed by atoms with Crippen LogP contribution in [-0.2, 0) is 13.0 Å². The lowest BCUT2D eigenvalue weighted by Crippen LogP contribution is -2.31. The summed E-state index contributed by atoms with van der Waals surface area (Å²) in [6.45, 7) is 3.98. The third-order valence-electron chi connectivity index (χ3n) is 4.81. The van der Waals surface area contributed by atoms with E-state index in [4.69, 9.17) is 0 Å². The number of benzene rings is 1. The quantitative estimate of drug-likeness (QED) is 0.843. The van der Waals surface area contributed by atoms with Gasteiger partial charge in [-0.3, -0.25) is 0 Å². The Morgan fingerprint density at radius 3 is 2.70 bits per heavy atom. The van der Waals surface area contributed by atoms with E-state index in [-0.39, 0.29) is 5.75 Å². The highest BCUT2D eigenvalue weighted by atomic mass is 19.4. The molecule has 0 unspecified atom stereocenters. The zero-order chi connectivity index (χ0) is 19.0. The molecule has 0 atom stereocenters. The first-order valence-electron chi connectivity index (χ1n) is 9.16. The van der Waals surface area contributed by atoms with E-state index in [1.54, 1.807) is 6.07 Å². The number of alkyl halides is 3. The van der Waals surface area contributed by atoms with Crippen molar-refractivity contribution < 1.29 is 17.9 Å². The van der Waals surface area contributed by atoms with Crippen LogP contribution < -0.4 is 15.0 Å². The number of fused-ring (bicyclic) bond motifs is 1. The van der Waals surface area contributed by atoms with Gasteiger partial charge in [0.2, 0.25) is 5.95 Å². The second kappa shape index (κ2) is 6.90. The van der Waals surface area contributed by atoms with Crippen molar-refractivity contribution in [3.8, 4) is 5.75 Å². The van der Waals surface area contributed by atoms with Gasteiger partial charge in [0.25, 0.3) is 0 Å². The van der Waals surface area contributed by atoms with E-state index in [1.165, 1.54) is 12.1 Å². The minimum absolute atomic E-state index is 0.183. The van der Waals surface area contributed by atoms with Crippen LogP contribution in [0.3, 0.4) is 0 Å². The summed E-state index contributed by atoms with van der Waals surface area (Å²) in [5.41, 5.74) is 2.92. The summed E-state index contributed by atoms with van der Waals surface area (Å²) < 4.78 is 41.6. The highest BCUT2D eigenvalue weighted by molar-refractivity contribution is 5.50. The van der Waals surface area contributed by atoms with Gasteiger partial charge in [-0.05, 0) is 49.4 Å². The maximum absolute atomic E-state index is 12.5. The molecule has 0 amide bonds. The number of hydrogen-bond donors (Lipinski definition) is 1. The fourth-order valence-electron chi connectivity index (χ4n) is 3.37. The summed E-state index contributed by atoms with van der Waals surface area (Å²) in [5.74, 6) is 1.73. The number of aromatic nitrogens is 2. The summed E-state index contributed by atoms with van der Waals surface area (Å²) in [6, 6.07) is 6.58. The van der Waals surface area contributed by atoms with Crippen LogP contribution in [0.25, 0.3) is 0 Å². The highest BCUT2D eigenvalue weighted by Crippen LogP contribution is 2.40. The van der Waals surface area contributed by atoms with E-state index >= 15 is 0 Å². The molecule has 1 aromatic heterocycles. The Kier molecular flexibility index (Phi) is 4.57. The van der Waals surface area contributed by atoms with Crippen molar-refractivity contribution >= 4 is 11.8 Å². The summed E-state index contributed by atoms with van der Waals surface area (Å²) in [7, 11) is 0. The minimum Gasteiger partial charge on any atom is -0.406 e. The first-order valence-corrected chi connectivity index (χ1v) is 9.16. The van der Waals surface area contributed by atoms with E-state index in [0.717, 1.165) is 55.0 Å².